The fraction of sp³-hybridized carbons (Fsp3) is 0.476. The highest BCUT2D eigenvalue weighted by Gasteiger charge is 2.54. The van der Waals surface area contributed by atoms with E-state index < -0.39 is 11.5 Å². The van der Waals surface area contributed by atoms with Gasteiger partial charge in [0, 0.05) is 5.39 Å². The number of hydrogen-bond donors (Lipinski definition) is 2. The number of hydrogen-bond acceptors (Lipinski definition) is 4. The van der Waals surface area contributed by atoms with Gasteiger partial charge < -0.3 is 4.42 Å². The van der Waals surface area contributed by atoms with Crippen LogP contribution in [0, 0.1) is 23.2 Å². The molecule has 0 atom stereocenters. The van der Waals surface area contributed by atoms with Gasteiger partial charge in [-0.1, -0.05) is 18.2 Å². The van der Waals surface area contributed by atoms with Gasteiger partial charge in [0.05, 0.1) is 5.41 Å². The lowest BCUT2D eigenvalue weighted by molar-refractivity contribution is -0.147. The van der Waals surface area contributed by atoms with Gasteiger partial charge in [-0.15, -0.1) is 0 Å². The molecule has 27 heavy (non-hydrogen) atoms. The molecule has 1 aromatic carbocycles. The fourth-order valence-electron chi connectivity index (χ4n) is 5.92. The zero-order chi connectivity index (χ0) is 18.6. The van der Waals surface area contributed by atoms with Gasteiger partial charge in [0.2, 0.25) is 5.91 Å². The number of benzene rings is 1. The van der Waals surface area contributed by atoms with Crippen molar-refractivity contribution in [2.24, 2.45) is 23.2 Å². The first-order valence-electron chi connectivity index (χ1n) is 9.66. The Morgan fingerprint density at radius 1 is 0.963 bits per heavy atom. The molecule has 1 heterocycles. The molecule has 4 aliphatic rings. The second kappa shape index (κ2) is 5.94. The van der Waals surface area contributed by atoms with Crippen LogP contribution in [-0.4, -0.2) is 11.8 Å². The average molecular weight is 366 g/mol. The molecule has 0 unspecified atom stereocenters. The molecule has 6 rings (SSSR count). The van der Waals surface area contributed by atoms with Crippen molar-refractivity contribution in [2.75, 3.05) is 0 Å². The molecule has 6 heteroatoms. The van der Waals surface area contributed by atoms with Gasteiger partial charge in [0.15, 0.2) is 0 Å². The second-order valence-corrected chi connectivity index (χ2v) is 8.59. The van der Waals surface area contributed by atoms with E-state index in [0.29, 0.717) is 28.7 Å². The summed E-state index contributed by atoms with van der Waals surface area (Å²) in [6, 6.07) is 8.50. The van der Waals surface area contributed by atoms with Gasteiger partial charge in [-0.05, 0) is 68.4 Å². The van der Waals surface area contributed by atoms with Gasteiger partial charge in [-0.2, -0.15) is 0 Å². The molecule has 4 bridgehead atoms. The highest BCUT2D eigenvalue weighted by atomic mass is 16.4. The van der Waals surface area contributed by atoms with Crippen molar-refractivity contribution in [3.63, 3.8) is 0 Å². The Labute approximate surface area is 156 Å². The molecule has 0 spiro atoms. The average Bonchev–Trinajstić information content (AvgIpc) is 2.64. The summed E-state index contributed by atoms with van der Waals surface area (Å²) >= 11 is 0. The lowest BCUT2D eigenvalue weighted by Gasteiger charge is -2.55. The van der Waals surface area contributed by atoms with Crippen LogP contribution >= 0.6 is 0 Å². The number of fused-ring (bicyclic) bond motifs is 1. The van der Waals surface area contributed by atoms with E-state index in [2.05, 4.69) is 10.9 Å². The SMILES string of the molecule is O=C(NNC(=O)C12CC3CC(CC(C3)C1)C2)c1cc2ccccc2oc1=O. The Balaban J connectivity index is 1.32. The first-order valence-corrected chi connectivity index (χ1v) is 9.66. The molecule has 6 nitrogen and oxygen atoms in total. The number of hydrazine groups is 1. The van der Waals surface area contributed by atoms with Crippen molar-refractivity contribution in [3.05, 3.63) is 46.3 Å². The summed E-state index contributed by atoms with van der Waals surface area (Å²) in [7, 11) is 0. The minimum absolute atomic E-state index is 0.111. The molecular weight excluding hydrogens is 344 g/mol. The third kappa shape index (κ3) is 2.74. The Hall–Kier alpha value is -2.63. The lowest BCUT2D eigenvalue weighted by Crippen LogP contribution is -2.57. The Bertz CT molecular complexity index is 958. The quantitative estimate of drug-likeness (QED) is 0.632. The first-order chi connectivity index (χ1) is 13.0. The summed E-state index contributed by atoms with van der Waals surface area (Å²) in [5, 5.41) is 0.662. The number of carbonyl (C=O) groups excluding carboxylic acids is 2. The number of para-hydroxylation sites is 1. The molecule has 0 radical (unpaired) electrons. The Morgan fingerprint density at radius 2 is 1.59 bits per heavy atom. The molecule has 2 aromatic rings. The van der Waals surface area contributed by atoms with E-state index in [0.717, 1.165) is 19.3 Å². The third-order valence-electron chi connectivity index (χ3n) is 6.70. The summed E-state index contributed by atoms with van der Waals surface area (Å²) in [5.41, 5.74) is 4.28. The van der Waals surface area contributed by atoms with Gasteiger partial charge >= 0.3 is 5.63 Å². The molecular formula is C21H22N2O4. The van der Waals surface area contributed by atoms with Crippen LogP contribution in [0.3, 0.4) is 0 Å². The van der Waals surface area contributed by atoms with Gasteiger partial charge in [0.25, 0.3) is 5.91 Å². The summed E-state index contributed by atoms with van der Waals surface area (Å²) in [4.78, 5) is 37.5. The Kier molecular flexibility index (Phi) is 3.64. The second-order valence-electron chi connectivity index (χ2n) is 8.59. The van der Waals surface area contributed by atoms with Crippen molar-refractivity contribution in [1.29, 1.82) is 0 Å². The summed E-state index contributed by atoms with van der Waals surface area (Å²) < 4.78 is 5.19. The largest absolute Gasteiger partial charge is 0.422 e. The van der Waals surface area contributed by atoms with Crippen molar-refractivity contribution in [1.82, 2.24) is 10.9 Å². The van der Waals surface area contributed by atoms with Crippen molar-refractivity contribution in [2.45, 2.75) is 38.5 Å². The van der Waals surface area contributed by atoms with Crippen LogP contribution in [0.2, 0.25) is 0 Å². The smallest absolute Gasteiger partial charge is 0.349 e. The number of amides is 2. The molecule has 2 amide bonds. The third-order valence-corrected chi connectivity index (χ3v) is 6.70. The van der Waals surface area contributed by atoms with Crippen LogP contribution in [0.15, 0.2) is 39.5 Å². The molecule has 4 aliphatic carbocycles. The van der Waals surface area contributed by atoms with E-state index >= 15 is 0 Å². The predicted molar refractivity (Wildman–Crippen MR) is 98.7 cm³/mol. The minimum atomic E-state index is -0.713. The molecule has 1 aromatic heterocycles. The molecule has 0 aliphatic heterocycles. The monoisotopic (exact) mass is 366 g/mol. The molecule has 2 N–H and O–H groups in total. The molecule has 4 saturated carbocycles. The van der Waals surface area contributed by atoms with Gasteiger partial charge in [-0.25, -0.2) is 4.79 Å². The molecule has 140 valence electrons. The van der Waals surface area contributed by atoms with E-state index in [1.54, 1.807) is 24.3 Å². The van der Waals surface area contributed by atoms with Crippen LogP contribution in [0.4, 0.5) is 0 Å². The zero-order valence-electron chi connectivity index (χ0n) is 15.0. The number of carbonyl (C=O) groups is 2. The van der Waals surface area contributed by atoms with E-state index in [-0.39, 0.29) is 16.9 Å². The van der Waals surface area contributed by atoms with Gasteiger partial charge in [0.1, 0.15) is 11.1 Å². The Morgan fingerprint density at radius 3 is 2.26 bits per heavy atom. The fourth-order valence-corrected chi connectivity index (χ4v) is 5.92. The van der Waals surface area contributed by atoms with Crippen LogP contribution in [0.5, 0.6) is 0 Å². The summed E-state index contributed by atoms with van der Waals surface area (Å²) in [6.45, 7) is 0. The summed E-state index contributed by atoms with van der Waals surface area (Å²) in [5.74, 6) is 1.17. The van der Waals surface area contributed by atoms with E-state index in [1.807, 2.05) is 0 Å². The topological polar surface area (TPSA) is 88.4 Å². The summed E-state index contributed by atoms with van der Waals surface area (Å²) in [6.07, 6.45) is 6.49. The van der Waals surface area contributed by atoms with Crippen molar-refractivity contribution >= 4 is 22.8 Å². The lowest BCUT2D eigenvalue weighted by atomic mass is 9.49. The zero-order valence-corrected chi connectivity index (χ0v) is 15.0. The molecule has 4 fully saturated rings. The maximum atomic E-state index is 12.9. The van der Waals surface area contributed by atoms with Crippen molar-refractivity contribution in [3.8, 4) is 0 Å². The van der Waals surface area contributed by atoms with Crippen molar-refractivity contribution < 1.29 is 14.0 Å². The number of nitrogens with one attached hydrogen (secondary N) is 2. The minimum Gasteiger partial charge on any atom is -0.422 e. The van der Waals surface area contributed by atoms with E-state index in [9.17, 15) is 14.4 Å². The maximum absolute atomic E-state index is 12.9. The first kappa shape index (κ1) is 16.5. The highest BCUT2D eigenvalue weighted by molar-refractivity contribution is 5.98. The van der Waals surface area contributed by atoms with E-state index in [4.69, 9.17) is 4.42 Å². The standard InChI is InChI=1S/C21H22N2O4/c24-18(16-8-15-3-1-2-4-17(15)27-19(16)25)22-23-20(26)21-9-12-5-13(10-21)7-14(6-12)11-21/h1-4,8,12-14H,5-7,9-11H2,(H,22,24)(H,23,26). The van der Waals surface area contributed by atoms with Crippen LogP contribution in [0.25, 0.3) is 11.0 Å². The van der Waals surface area contributed by atoms with Crippen LogP contribution in [0.1, 0.15) is 48.9 Å². The highest BCUT2D eigenvalue weighted by Crippen LogP contribution is 2.60. The van der Waals surface area contributed by atoms with Crippen LogP contribution in [-0.2, 0) is 4.79 Å². The van der Waals surface area contributed by atoms with E-state index in [1.165, 1.54) is 25.3 Å². The van der Waals surface area contributed by atoms with Gasteiger partial charge in [-0.3, -0.25) is 20.4 Å². The molecule has 0 saturated heterocycles. The number of rotatable bonds is 2. The normalized spacial score (nSPS) is 31.0. The predicted octanol–water partition coefficient (Wildman–Crippen LogP) is 2.77. The maximum Gasteiger partial charge on any atom is 0.349 e. The van der Waals surface area contributed by atoms with Crippen LogP contribution < -0.4 is 16.5 Å².